The molecule has 3 aromatic rings. The molecule has 8 heteroatoms. The molecule has 3 rings (SSSR count). The van der Waals surface area contributed by atoms with Gasteiger partial charge in [-0.1, -0.05) is 6.07 Å². The lowest BCUT2D eigenvalue weighted by Crippen LogP contribution is -2.22. The van der Waals surface area contributed by atoms with Gasteiger partial charge in [-0.05, 0) is 29.8 Å². The molecule has 2 aromatic heterocycles. The van der Waals surface area contributed by atoms with E-state index in [1.54, 1.807) is 25.8 Å². The number of methoxy groups -OCH3 is 1. The molecule has 0 amide bonds. The molecule has 2 heterocycles. The highest BCUT2D eigenvalue weighted by Gasteiger charge is 2.01. The van der Waals surface area contributed by atoms with E-state index in [0.717, 1.165) is 22.8 Å². The maximum Gasteiger partial charge on any atom is 0.193 e. The number of ether oxygens (including phenoxy) is 1. The minimum Gasteiger partial charge on any atom is -0.497 e. The number of benzene rings is 1. The molecule has 130 valence electrons. The summed E-state index contributed by atoms with van der Waals surface area (Å²) < 4.78 is 7.02. The highest BCUT2D eigenvalue weighted by atomic mass is 127. The highest BCUT2D eigenvalue weighted by molar-refractivity contribution is 14.0. The van der Waals surface area contributed by atoms with Crippen molar-refractivity contribution in [3.05, 3.63) is 66.9 Å². The lowest BCUT2D eigenvalue weighted by Gasteiger charge is -2.08. The molecule has 0 unspecified atom stereocenters. The Bertz CT molecular complexity index is 835. The molecule has 0 radical (unpaired) electrons. The van der Waals surface area contributed by atoms with E-state index in [-0.39, 0.29) is 24.0 Å². The first-order valence-electron chi connectivity index (χ1n) is 7.39. The first-order chi connectivity index (χ1) is 11.7. The second kappa shape index (κ2) is 9.02. The van der Waals surface area contributed by atoms with E-state index in [4.69, 9.17) is 10.5 Å². The molecule has 0 saturated heterocycles. The Morgan fingerprint density at radius 3 is 2.92 bits per heavy atom. The van der Waals surface area contributed by atoms with Crippen LogP contribution >= 0.6 is 24.0 Å². The summed E-state index contributed by atoms with van der Waals surface area (Å²) in [5.41, 5.74) is 7.77. The summed E-state index contributed by atoms with van der Waals surface area (Å²) in [7, 11) is 1.62. The molecule has 0 spiro atoms. The molecular formula is C17H19IN6O. The SMILES string of the molecule is COc1cccc(NC(N)=NCc2ccnc(-n3ccnc3)c2)c1.I. The number of nitrogens with two attached hydrogens (primary N) is 1. The number of halogens is 1. The lowest BCUT2D eigenvalue weighted by molar-refractivity contribution is 0.415. The van der Waals surface area contributed by atoms with Crippen LogP contribution in [-0.4, -0.2) is 27.6 Å². The van der Waals surface area contributed by atoms with Crippen molar-refractivity contribution in [1.82, 2.24) is 14.5 Å². The molecule has 7 nitrogen and oxygen atoms in total. The summed E-state index contributed by atoms with van der Waals surface area (Å²) in [5.74, 6) is 1.88. The molecule has 1 aromatic carbocycles. The standard InChI is InChI=1S/C17H18N6O.HI/c1-24-15-4-2-3-14(10-15)22-17(18)21-11-13-5-6-20-16(9-13)23-8-7-19-12-23;/h2-10,12H,11H2,1H3,(H3,18,21,22);1H. The maximum atomic E-state index is 5.94. The van der Waals surface area contributed by atoms with Crippen LogP contribution in [0.2, 0.25) is 0 Å². The van der Waals surface area contributed by atoms with E-state index in [1.165, 1.54) is 0 Å². The van der Waals surface area contributed by atoms with Gasteiger partial charge in [0.15, 0.2) is 5.96 Å². The van der Waals surface area contributed by atoms with E-state index < -0.39 is 0 Å². The van der Waals surface area contributed by atoms with Crippen LogP contribution in [0.5, 0.6) is 5.75 Å². The Kier molecular flexibility index (Phi) is 6.75. The summed E-state index contributed by atoms with van der Waals surface area (Å²) in [6.07, 6.45) is 7.00. The van der Waals surface area contributed by atoms with Crippen molar-refractivity contribution in [3.8, 4) is 11.6 Å². The predicted octanol–water partition coefficient (Wildman–Crippen LogP) is 2.82. The Balaban J connectivity index is 0.00000225. The second-order valence-corrected chi connectivity index (χ2v) is 5.05. The van der Waals surface area contributed by atoms with Gasteiger partial charge in [0.2, 0.25) is 0 Å². The van der Waals surface area contributed by atoms with Gasteiger partial charge < -0.3 is 15.8 Å². The topological polar surface area (TPSA) is 90.4 Å². The van der Waals surface area contributed by atoms with Crippen molar-refractivity contribution in [2.24, 2.45) is 10.7 Å². The lowest BCUT2D eigenvalue weighted by atomic mass is 10.2. The highest BCUT2D eigenvalue weighted by Crippen LogP contribution is 2.16. The smallest absolute Gasteiger partial charge is 0.193 e. The van der Waals surface area contributed by atoms with Gasteiger partial charge in [-0.25, -0.2) is 15.0 Å². The number of aromatic nitrogens is 3. The summed E-state index contributed by atoms with van der Waals surface area (Å²) in [6, 6.07) is 11.4. The van der Waals surface area contributed by atoms with Crippen molar-refractivity contribution < 1.29 is 4.74 Å². The Hall–Kier alpha value is -2.62. The van der Waals surface area contributed by atoms with Gasteiger partial charge in [0.1, 0.15) is 17.9 Å². The summed E-state index contributed by atoms with van der Waals surface area (Å²) >= 11 is 0. The fourth-order valence-corrected chi connectivity index (χ4v) is 2.16. The quantitative estimate of drug-likeness (QED) is 0.355. The first-order valence-corrected chi connectivity index (χ1v) is 7.39. The summed E-state index contributed by atoms with van der Waals surface area (Å²) in [5, 5.41) is 3.05. The zero-order chi connectivity index (χ0) is 16.8. The molecule has 0 bridgehead atoms. The van der Waals surface area contributed by atoms with Gasteiger partial charge in [-0.3, -0.25) is 4.57 Å². The molecule has 0 aliphatic carbocycles. The predicted molar refractivity (Wildman–Crippen MR) is 109 cm³/mol. The fourth-order valence-electron chi connectivity index (χ4n) is 2.16. The summed E-state index contributed by atoms with van der Waals surface area (Å²) in [4.78, 5) is 12.7. The third kappa shape index (κ3) is 5.18. The molecule has 0 aliphatic rings. The largest absolute Gasteiger partial charge is 0.497 e. The number of hydrogen-bond acceptors (Lipinski definition) is 4. The molecule has 0 fully saturated rings. The minimum absolute atomic E-state index is 0. The van der Waals surface area contributed by atoms with Crippen molar-refractivity contribution in [1.29, 1.82) is 0 Å². The molecular weight excluding hydrogens is 431 g/mol. The Labute approximate surface area is 163 Å². The number of pyridine rings is 1. The van der Waals surface area contributed by atoms with Crippen LogP contribution in [0.4, 0.5) is 5.69 Å². The van der Waals surface area contributed by atoms with Gasteiger partial charge in [0.05, 0.1) is 13.7 Å². The zero-order valence-electron chi connectivity index (χ0n) is 13.7. The van der Waals surface area contributed by atoms with Crippen molar-refractivity contribution in [2.75, 3.05) is 12.4 Å². The molecule has 0 saturated carbocycles. The van der Waals surface area contributed by atoms with Gasteiger partial charge in [0.25, 0.3) is 0 Å². The van der Waals surface area contributed by atoms with Crippen LogP contribution in [-0.2, 0) is 6.54 Å². The van der Waals surface area contributed by atoms with Crippen molar-refractivity contribution >= 4 is 35.6 Å². The normalized spacial score (nSPS) is 10.8. The minimum atomic E-state index is 0. The zero-order valence-corrected chi connectivity index (χ0v) is 16.0. The number of nitrogens with zero attached hydrogens (tertiary/aromatic N) is 4. The number of imidazole rings is 1. The van der Waals surface area contributed by atoms with Crippen LogP contribution in [0.15, 0.2) is 66.3 Å². The molecule has 0 aliphatic heterocycles. The van der Waals surface area contributed by atoms with Crippen LogP contribution < -0.4 is 15.8 Å². The van der Waals surface area contributed by atoms with E-state index in [0.29, 0.717) is 12.5 Å². The first kappa shape index (κ1) is 18.7. The van der Waals surface area contributed by atoms with Crippen molar-refractivity contribution in [2.45, 2.75) is 6.54 Å². The second-order valence-electron chi connectivity index (χ2n) is 5.05. The number of rotatable bonds is 5. The maximum absolute atomic E-state index is 5.94. The van der Waals surface area contributed by atoms with Crippen LogP contribution in [0.3, 0.4) is 0 Å². The number of guanidine groups is 1. The average Bonchev–Trinajstić information content (AvgIpc) is 3.15. The van der Waals surface area contributed by atoms with Gasteiger partial charge in [-0.15, -0.1) is 24.0 Å². The Morgan fingerprint density at radius 1 is 1.28 bits per heavy atom. The number of aliphatic imine (C=N–C) groups is 1. The fraction of sp³-hybridized carbons (Fsp3) is 0.118. The van der Waals surface area contributed by atoms with Gasteiger partial charge >= 0.3 is 0 Å². The molecule has 25 heavy (non-hydrogen) atoms. The van der Waals surface area contributed by atoms with Crippen LogP contribution in [0, 0.1) is 0 Å². The van der Waals surface area contributed by atoms with Crippen LogP contribution in [0.1, 0.15) is 5.56 Å². The third-order valence-electron chi connectivity index (χ3n) is 3.35. The Morgan fingerprint density at radius 2 is 2.16 bits per heavy atom. The van der Waals surface area contributed by atoms with E-state index in [1.807, 2.05) is 47.2 Å². The van der Waals surface area contributed by atoms with E-state index >= 15 is 0 Å². The molecule has 3 N–H and O–H groups in total. The summed E-state index contributed by atoms with van der Waals surface area (Å²) in [6.45, 7) is 0.451. The van der Waals surface area contributed by atoms with Gasteiger partial charge in [-0.2, -0.15) is 0 Å². The third-order valence-corrected chi connectivity index (χ3v) is 3.35. The van der Waals surface area contributed by atoms with Gasteiger partial charge in [0, 0.05) is 30.3 Å². The number of hydrogen-bond donors (Lipinski definition) is 2. The average molecular weight is 450 g/mol. The van der Waals surface area contributed by atoms with E-state index in [9.17, 15) is 0 Å². The van der Waals surface area contributed by atoms with Crippen LogP contribution in [0.25, 0.3) is 5.82 Å². The number of nitrogens with one attached hydrogen (secondary N) is 1. The van der Waals surface area contributed by atoms with Crippen molar-refractivity contribution in [3.63, 3.8) is 0 Å². The van der Waals surface area contributed by atoms with E-state index in [2.05, 4.69) is 20.3 Å². The number of anilines is 1. The molecule has 0 atom stereocenters. The monoisotopic (exact) mass is 450 g/mol.